The van der Waals surface area contributed by atoms with Gasteiger partial charge < -0.3 is 18.9 Å². The van der Waals surface area contributed by atoms with Gasteiger partial charge in [-0.2, -0.15) is 0 Å². The summed E-state index contributed by atoms with van der Waals surface area (Å²) in [5.41, 5.74) is 0. The first kappa shape index (κ1) is 17.9. The molecule has 4 atom stereocenters. The summed E-state index contributed by atoms with van der Waals surface area (Å²) in [5.74, 6) is -2.62. The molecule has 0 saturated heterocycles. The summed E-state index contributed by atoms with van der Waals surface area (Å²) in [7, 11) is 0. The van der Waals surface area contributed by atoms with Gasteiger partial charge in [-0.25, -0.2) is 0 Å². The summed E-state index contributed by atoms with van der Waals surface area (Å²) < 4.78 is 20.4. The first-order valence-corrected chi connectivity index (χ1v) is 6.85. The number of hydrogen-bond donors (Lipinski definition) is 0. The fourth-order valence-electron chi connectivity index (χ4n) is 2.45. The van der Waals surface area contributed by atoms with Crippen LogP contribution in [0.4, 0.5) is 0 Å². The smallest absolute Gasteiger partial charge is 0.303 e. The first-order valence-electron chi connectivity index (χ1n) is 6.85. The maximum Gasteiger partial charge on any atom is 0.303 e. The first-order chi connectivity index (χ1) is 10.2. The van der Waals surface area contributed by atoms with Crippen molar-refractivity contribution in [3.05, 3.63) is 0 Å². The Morgan fingerprint density at radius 2 is 1.27 bits per heavy atom. The van der Waals surface area contributed by atoms with Gasteiger partial charge in [-0.15, -0.1) is 0 Å². The Morgan fingerprint density at radius 1 is 0.773 bits per heavy atom. The molecule has 0 aromatic heterocycles. The van der Waals surface area contributed by atoms with Crippen molar-refractivity contribution in [2.45, 2.75) is 52.4 Å². The van der Waals surface area contributed by atoms with Crippen LogP contribution in [-0.2, 0) is 38.1 Å². The SMILES string of the molecule is CC(=O)OC[C@@H]1C[C@H](OC(C)=O)[C@@H](OC(C)=O)[C@H]1OC(C)=O. The standard InChI is InChI=1S/C14H20O8/c1-7(15)19-6-11-5-12(20-8(2)16)14(22-10(4)18)13(11)21-9(3)17/h11-14H,5-6H2,1-4H3/t11-,12-,13-,14+/m0/s1. The normalized spacial score (nSPS) is 26.9. The van der Waals surface area contributed by atoms with E-state index in [4.69, 9.17) is 18.9 Å². The van der Waals surface area contributed by atoms with E-state index >= 15 is 0 Å². The lowest BCUT2D eigenvalue weighted by molar-refractivity contribution is -0.176. The quantitative estimate of drug-likeness (QED) is 0.529. The minimum atomic E-state index is -0.925. The molecular formula is C14H20O8. The number of carbonyl (C=O) groups is 4. The van der Waals surface area contributed by atoms with Gasteiger partial charge in [0.05, 0.1) is 6.61 Å². The Hall–Kier alpha value is -2.12. The molecule has 8 heteroatoms. The lowest BCUT2D eigenvalue weighted by atomic mass is 10.1. The Labute approximate surface area is 128 Å². The average molecular weight is 316 g/mol. The van der Waals surface area contributed by atoms with Crippen LogP contribution in [-0.4, -0.2) is 48.8 Å². The van der Waals surface area contributed by atoms with Crippen molar-refractivity contribution in [3.63, 3.8) is 0 Å². The Morgan fingerprint density at radius 3 is 1.73 bits per heavy atom. The summed E-state index contributed by atoms with van der Waals surface area (Å²) in [5, 5.41) is 0. The van der Waals surface area contributed by atoms with Crippen LogP contribution >= 0.6 is 0 Å². The highest BCUT2D eigenvalue weighted by atomic mass is 16.6. The van der Waals surface area contributed by atoms with Crippen molar-refractivity contribution in [2.75, 3.05) is 6.61 Å². The van der Waals surface area contributed by atoms with Gasteiger partial charge in [0.2, 0.25) is 0 Å². The molecule has 0 amide bonds. The maximum atomic E-state index is 11.3. The van der Waals surface area contributed by atoms with E-state index in [0.717, 1.165) is 0 Å². The number of rotatable bonds is 5. The average Bonchev–Trinajstić information content (AvgIpc) is 2.63. The molecule has 0 aliphatic heterocycles. The Balaban J connectivity index is 2.94. The third kappa shape index (κ3) is 5.34. The van der Waals surface area contributed by atoms with Gasteiger partial charge >= 0.3 is 23.9 Å². The van der Waals surface area contributed by atoms with Crippen LogP contribution in [0.5, 0.6) is 0 Å². The number of ether oxygens (including phenoxy) is 4. The zero-order chi connectivity index (χ0) is 16.9. The minimum absolute atomic E-state index is 0.0250. The molecule has 0 radical (unpaired) electrons. The van der Waals surface area contributed by atoms with Crippen molar-refractivity contribution in [1.82, 2.24) is 0 Å². The molecule has 124 valence electrons. The third-order valence-corrected chi connectivity index (χ3v) is 3.11. The largest absolute Gasteiger partial charge is 0.465 e. The van der Waals surface area contributed by atoms with Crippen LogP contribution in [0.25, 0.3) is 0 Å². The molecule has 0 aromatic carbocycles. The van der Waals surface area contributed by atoms with E-state index in [2.05, 4.69) is 0 Å². The fraction of sp³-hybridized carbons (Fsp3) is 0.714. The van der Waals surface area contributed by atoms with Gasteiger partial charge in [0.15, 0.2) is 6.10 Å². The predicted molar refractivity (Wildman–Crippen MR) is 71.4 cm³/mol. The van der Waals surface area contributed by atoms with E-state index in [-0.39, 0.29) is 13.0 Å². The van der Waals surface area contributed by atoms with Crippen LogP contribution in [0.2, 0.25) is 0 Å². The molecule has 1 rings (SSSR count). The lowest BCUT2D eigenvalue weighted by Crippen LogP contribution is -2.40. The topological polar surface area (TPSA) is 105 Å². The van der Waals surface area contributed by atoms with Gasteiger partial charge in [0.25, 0.3) is 0 Å². The van der Waals surface area contributed by atoms with Gasteiger partial charge in [-0.05, 0) is 6.42 Å². The second kappa shape index (κ2) is 7.77. The zero-order valence-electron chi connectivity index (χ0n) is 13.0. The van der Waals surface area contributed by atoms with Crippen LogP contribution < -0.4 is 0 Å². The number of hydrogen-bond acceptors (Lipinski definition) is 8. The van der Waals surface area contributed by atoms with Crippen molar-refractivity contribution in [2.24, 2.45) is 5.92 Å². The van der Waals surface area contributed by atoms with E-state index in [1.54, 1.807) is 0 Å². The highest BCUT2D eigenvalue weighted by molar-refractivity contribution is 5.68. The highest BCUT2D eigenvalue weighted by Gasteiger charge is 2.50. The molecule has 0 heterocycles. The summed E-state index contributed by atoms with van der Waals surface area (Å²) in [6.07, 6.45) is -2.27. The molecule has 1 aliphatic carbocycles. The predicted octanol–water partition coefficient (Wildman–Crippen LogP) is 0.364. The minimum Gasteiger partial charge on any atom is -0.465 e. The molecule has 22 heavy (non-hydrogen) atoms. The lowest BCUT2D eigenvalue weighted by Gasteiger charge is -2.25. The molecule has 0 N–H and O–H groups in total. The van der Waals surface area contributed by atoms with Gasteiger partial charge in [-0.3, -0.25) is 19.2 Å². The van der Waals surface area contributed by atoms with Gasteiger partial charge in [-0.1, -0.05) is 0 Å². The molecule has 1 saturated carbocycles. The van der Waals surface area contributed by atoms with Crippen molar-refractivity contribution in [1.29, 1.82) is 0 Å². The molecule has 8 nitrogen and oxygen atoms in total. The Bertz CT molecular complexity index is 458. The molecule has 1 fully saturated rings. The second-order valence-electron chi connectivity index (χ2n) is 5.09. The van der Waals surface area contributed by atoms with E-state index in [1.165, 1.54) is 27.7 Å². The fourth-order valence-corrected chi connectivity index (χ4v) is 2.45. The second-order valence-corrected chi connectivity index (χ2v) is 5.09. The molecule has 0 unspecified atom stereocenters. The van der Waals surface area contributed by atoms with Crippen LogP contribution in [0.1, 0.15) is 34.1 Å². The summed E-state index contributed by atoms with van der Waals surface area (Å²) >= 11 is 0. The van der Waals surface area contributed by atoms with Crippen molar-refractivity contribution < 1.29 is 38.1 Å². The van der Waals surface area contributed by atoms with Crippen molar-refractivity contribution >= 4 is 23.9 Å². The number of carbonyl (C=O) groups excluding carboxylic acids is 4. The van der Waals surface area contributed by atoms with E-state index < -0.39 is 48.1 Å². The monoisotopic (exact) mass is 316 g/mol. The van der Waals surface area contributed by atoms with E-state index in [9.17, 15) is 19.2 Å². The zero-order valence-corrected chi connectivity index (χ0v) is 13.0. The summed E-state index contributed by atoms with van der Waals surface area (Å²) in [6.45, 7) is 4.87. The van der Waals surface area contributed by atoms with Crippen molar-refractivity contribution in [3.8, 4) is 0 Å². The van der Waals surface area contributed by atoms with Crippen LogP contribution in [0.15, 0.2) is 0 Å². The van der Waals surface area contributed by atoms with Crippen LogP contribution in [0.3, 0.4) is 0 Å². The molecular weight excluding hydrogens is 296 g/mol. The molecule has 0 spiro atoms. The number of esters is 4. The molecule has 0 bridgehead atoms. The summed E-state index contributed by atoms with van der Waals surface area (Å²) in [6, 6.07) is 0. The van der Waals surface area contributed by atoms with E-state index in [0.29, 0.717) is 0 Å². The third-order valence-electron chi connectivity index (χ3n) is 3.11. The van der Waals surface area contributed by atoms with Crippen LogP contribution in [0, 0.1) is 5.92 Å². The summed E-state index contributed by atoms with van der Waals surface area (Å²) in [4.78, 5) is 44.6. The Kier molecular flexibility index (Phi) is 6.33. The maximum absolute atomic E-state index is 11.3. The molecule has 0 aromatic rings. The molecule has 1 aliphatic rings. The van der Waals surface area contributed by atoms with E-state index in [1.807, 2.05) is 0 Å². The van der Waals surface area contributed by atoms with Gasteiger partial charge in [0, 0.05) is 33.6 Å². The van der Waals surface area contributed by atoms with Gasteiger partial charge in [0.1, 0.15) is 12.2 Å². The highest BCUT2D eigenvalue weighted by Crippen LogP contribution is 2.34.